The minimum atomic E-state index is 0. The maximum atomic E-state index is 12.3. The number of hydrogen-bond donors (Lipinski definition) is 1. The van der Waals surface area contributed by atoms with E-state index in [-0.39, 0.29) is 24.1 Å². The second kappa shape index (κ2) is 12.1. The van der Waals surface area contributed by atoms with Crippen LogP contribution in [0.3, 0.4) is 0 Å². The summed E-state index contributed by atoms with van der Waals surface area (Å²) in [4.78, 5) is 26.6. The van der Waals surface area contributed by atoms with Gasteiger partial charge in [-0.2, -0.15) is 0 Å². The number of hydrogen-bond acceptors (Lipinski definition) is 3. The maximum absolute atomic E-state index is 12.3. The summed E-state index contributed by atoms with van der Waals surface area (Å²) in [7, 11) is 1.97. The van der Waals surface area contributed by atoms with Crippen LogP contribution in [0.4, 0.5) is 0 Å². The third-order valence-corrected chi connectivity index (χ3v) is 5.12. The molecule has 1 N–H and O–H groups in total. The Balaban J connectivity index is 0.00000338. The van der Waals surface area contributed by atoms with E-state index in [9.17, 15) is 9.59 Å². The zero-order valence-electron chi connectivity index (χ0n) is 16.1. The number of ketones is 1. The Bertz CT molecular complexity index is 552. The number of amides is 1. The standard InChI is InChI=1S/C21H32N2O2.ClH/c1-3-4-5-17-6-8-19(9-7-17)20(24)10-11-21(25)23-14-12-18(13-15-23)16-22-2;/h6-9,18,22H,3-5,10-16H2,1-2H3;1H. The summed E-state index contributed by atoms with van der Waals surface area (Å²) in [6.07, 6.45) is 6.16. The molecule has 0 spiro atoms. The van der Waals surface area contributed by atoms with Crippen molar-refractivity contribution in [2.45, 2.75) is 51.9 Å². The molecule has 1 aromatic carbocycles. The summed E-state index contributed by atoms with van der Waals surface area (Å²) < 4.78 is 0. The summed E-state index contributed by atoms with van der Waals surface area (Å²) in [5.41, 5.74) is 2.00. The lowest BCUT2D eigenvalue weighted by molar-refractivity contribution is -0.132. The van der Waals surface area contributed by atoms with E-state index in [0.29, 0.717) is 18.8 Å². The number of piperidine rings is 1. The molecule has 1 heterocycles. The molecule has 0 radical (unpaired) electrons. The van der Waals surface area contributed by atoms with Crippen molar-refractivity contribution < 1.29 is 9.59 Å². The molecule has 1 amide bonds. The Morgan fingerprint density at radius 2 is 1.77 bits per heavy atom. The number of Topliss-reactive ketones (excluding diaryl/α,β-unsaturated/α-hetero) is 1. The van der Waals surface area contributed by atoms with Gasteiger partial charge in [-0.15, -0.1) is 12.4 Å². The highest BCUT2D eigenvalue weighted by Crippen LogP contribution is 2.18. The molecule has 1 aromatic rings. The van der Waals surface area contributed by atoms with Crippen LogP contribution in [0.15, 0.2) is 24.3 Å². The molecule has 1 aliphatic heterocycles. The van der Waals surface area contributed by atoms with Crippen LogP contribution in [0.25, 0.3) is 0 Å². The van der Waals surface area contributed by atoms with Crippen LogP contribution in [0.5, 0.6) is 0 Å². The first-order valence-electron chi connectivity index (χ1n) is 9.68. The fraction of sp³-hybridized carbons (Fsp3) is 0.619. The van der Waals surface area contributed by atoms with Crippen molar-refractivity contribution in [3.63, 3.8) is 0 Å². The number of unbranched alkanes of at least 4 members (excludes halogenated alkanes) is 1. The molecule has 0 atom stereocenters. The minimum Gasteiger partial charge on any atom is -0.343 e. The average Bonchev–Trinajstić information content (AvgIpc) is 2.65. The lowest BCUT2D eigenvalue weighted by atomic mass is 9.96. The first-order valence-corrected chi connectivity index (χ1v) is 9.68. The van der Waals surface area contributed by atoms with Crippen molar-refractivity contribution in [3.05, 3.63) is 35.4 Å². The van der Waals surface area contributed by atoms with Crippen LogP contribution in [0.1, 0.15) is 61.4 Å². The SMILES string of the molecule is CCCCc1ccc(C(=O)CCC(=O)N2CCC(CNC)CC2)cc1.Cl. The molecule has 1 saturated heterocycles. The predicted molar refractivity (Wildman–Crippen MR) is 109 cm³/mol. The van der Waals surface area contributed by atoms with E-state index < -0.39 is 0 Å². The van der Waals surface area contributed by atoms with Gasteiger partial charge in [0.1, 0.15) is 0 Å². The van der Waals surface area contributed by atoms with Gasteiger partial charge < -0.3 is 10.2 Å². The zero-order valence-corrected chi connectivity index (χ0v) is 16.9. The van der Waals surface area contributed by atoms with Gasteiger partial charge in [-0.1, -0.05) is 37.6 Å². The molecule has 1 aliphatic rings. The minimum absolute atomic E-state index is 0. The number of nitrogens with one attached hydrogen (secondary N) is 1. The molecule has 2 rings (SSSR count). The highest BCUT2D eigenvalue weighted by Gasteiger charge is 2.22. The van der Waals surface area contributed by atoms with Gasteiger partial charge in [0.25, 0.3) is 0 Å². The predicted octanol–water partition coefficient (Wildman–Crippen LogP) is 3.87. The molecule has 0 unspecified atom stereocenters. The number of benzene rings is 1. The molecule has 0 bridgehead atoms. The molecule has 0 saturated carbocycles. The molecule has 4 nitrogen and oxygen atoms in total. The number of carbonyl (C=O) groups excluding carboxylic acids is 2. The number of aryl methyl sites for hydroxylation is 1. The van der Waals surface area contributed by atoms with Crippen molar-refractivity contribution in [1.29, 1.82) is 0 Å². The van der Waals surface area contributed by atoms with Crippen LogP contribution in [-0.4, -0.2) is 43.3 Å². The number of carbonyl (C=O) groups is 2. The Kier molecular flexibility index (Phi) is 10.5. The summed E-state index contributed by atoms with van der Waals surface area (Å²) in [5, 5.41) is 3.21. The lowest BCUT2D eigenvalue weighted by Gasteiger charge is -2.32. The van der Waals surface area contributed by atoms with Gasteiger partial charge in [-0.25, -0.2) is 0 Å². The number of likely N-dealkylation sites (tertiary alicyclic amines) is 1. The molecule has 5 heteroatoms. The van der Waals surface area contributed by atoms with Gasteiger partial charge in [0.05, 0.1) is 0 Å². The fourth-order valence-electron chi connectivity index (χ4n) is 3.44. The number of halogens is 1. The largest absolute Gasteiger partial charge is 0.343 e. The van der Waals surface area contributed by atoms with Crippen LogP contribution >= 0.6 is 12.4 Å². The van der Waals surface area contributed by atoms with Crippen molar-refractivity contribution >= 4 is 24.1 Å². The highest BCUT2D eigenvalue weighted by molar-refractivity contribution is 5.98. The van der Waals surface area contributed by atoms with Crippen LogP contribution < -0.4 is 5.32 Å². The van der Waals surface area contributed by atoms with Crippen molar-refractivity contribution in [1.82, 2.24) is 10.2 Å². The molecule has 1 fully saturated rings. The highest BCUT2D eigenvalue weighted by atomic mass is 35.5. The van der Waals surface area contributed by atoms with E-state index in [1.165, 1.54) is 18.4 Å². The Hall–Kier alpha value is -1.39. The average molecular weight is 381 g/mol. The summed E-state index contributed by atoms with van der Waals surface area (Å²) in [5.74, 6) is 0.859. The fourth-order valence-corrected chi connectivity index (χ4v) is 3.44. The molecule has 26 heavy (non-hydrogen) atoms. The van der Waals surface area contributed by atoms with Crippen molar-refractivity contribution in [2.75, 3.05) is 26.7 Å². The molecular weight excluding hydrogens is 348 g/mol. The van der Waals surface area contributed by atoms with E-state index >= 15 is 0 Å². The summed E-state index contributed by atoms with van der Waals surface area (Å²) in [6, 6.07) is 7.89. The van der Waals surface area contributed by atoms with Gasteiger partial charge in [0.2, 0.25) is 5.91 Å². The van der Waals surface area contributed by atoms with E-state index in [0.717, 1.165) is 44.5 Å². The summed E-state index contributed by atoms with van der Waals surface area (Å²) in [6.45, 7) is 4.85. The quantitative estimate of drug-likeness (QED) is 0.661. The molecule has 0 aliphatic carbocycles. The first kappa shape index (κ1) is 22.7. The van der Waals surface area contributed by atoms with Gasteiger partial charge in [-0.05, 0) is 50.8 Å². The van der Waals surface area contributed by atoms with Crippen molar-refractivity contribution in [2.24, 2.45) is 5.92 Å². The van der Waals surface area contributed by atoms with Crippen LogP contribution in [-0.2, 0) is 11.2 Å². The maximum Gasteiger partial charge on any atom is 0.223 e. The Labute approximate surface area is 164 Å². The Morgan fingerprint density at radius 3 is 2.35 bits per heavy atom. The van der Waals surface area contributed by atoms with E-state index in [2.05, 4.69) is 12.2 Å². The smallest absolute Gasteiger partial charge is 0.223 e. The van der Waals surface area contributed by atoms with Gasteiger partial charge in [0, 0.05) is 31.5 Å². The monoisotopic (exact) mass is 380 g/mol. The lowest BCUT2D eigenvalue weighted by Crippen LogP contribution is -2.40. The van der Waals surface area contributed by atoms with E-state index in [4.69, 9.17) is 0 Å². The van der Waals surface area contributed by atoms with Gasteiger partial charge in [0.15, 0.2) is 5.78 Å². The van der Waals surface area contributed by atoms with Crippen LogP contribution in [0, 0.1) is 5.92 Å². The third kappa shape index (κ3) is 7.08. The Morgan fingerprint density at radius 1 is 1.12 bits per heavy atom. The second-order valence-corrected chi connectivity index (χ2v) is 7.11. The van der Waals surface area contributed by atoms with Gasteiger partial charge in [-0.3, -0.25) is 9.59 Å². The zero-order chi connectivity index (χ0) is 18.1. The van der Waals surface area contributed by atoms with Gasteiger partial charge >= 0.3 is 0 Å². The molecule has 0 aromatic heterocycles. The second-order valence-electron chi connectivity index (χ2n) is 7.11. The molecular formula is C21H33ClN2O2. The first-order chi connectivity index (χ1) is 12.1. The third-order valence-electron chi connectivity index (χ3n) is 5.12. The normalized spacial score (nSPS) is 14.8. The van der Waals surface area contributed by atoms with Crippen LogP contribution in [0.2, 0.25) is 0 Å². The van der Waals surface area contributed by atoms with E-state index in [1.54, 1.807) is 0 Å². The summed E-state index contributed by atoms with van der Waals surface area (Å²) >= 11 is 0. The molecule has 146 valence electrons. The van der Waals surface area contributed by atoms with Crippen molar-refractivity contribution in [3.8, 4) is 0 Å². The topological polar surface area (TPSA) is 49.4 Å². The van der Waals surface area contributed by atoms with E-state index in [1.807, 2.05) is 36.2 Å². The number of rotatable bonds is 9. The number of nitrogens with zero attached hydrogens (tertiary/aromatic N) is 1.